The molecule has 25 heavy (non-hydrogen) atoms. The summed E-state index contributed by atoms with van der Waals surface area (Å²) in [5, 5.41) is 0. The molecule has 0 saturated heterocycles. The Morgan fingerprint density at radius 2 is 1.80 bits per heavy atom. The lowest BCUT2D eigenvalue weighted by atomic mass is 9.42. The summed E-state index contributed by atoms with van der Waals surface area (Å²) < 4.78 is 14.0. The van der Waals surface area contributed by atoms with Crippen LogP contribution in [0.2, 0.25) is 0 Å². The van der Waals surface area contributed by atoms with Crippen molar-refractivity contribution in [3.8, 4) is 11.5 Å². The molecule has 0 N–H and O–H groups in total. The van der Waals surface area contributed by atoms with Gasteiger partial charge in [-0.25, -0.2) is 0 Å². The Morgan fingerprint density at radius 1 is 1.00 bits per heavy atom. The predicted octanol–water partition coefficient (Wildman–Crippen LogP) is 5.11. The van der Waals surface area contributed by atoms with Crippen LogP contribution in [0.25, 0.3) is 0 Å². The van der Waals surface area contributed by atoms with Crippen molar-refractivity contribution in [3.63, 3.8) is 0 Å². The van der Waals surface area contributed by atoms with E-state index in [1.165, 1.54) is 23.1 Å². The van der Waals surface area contributed by atoms with Crippen molar-refractivity contribution in [3.05, 3.63) is 83.7 Å². The van der Waals surface area contributed by atoms with Gasteiger partial charge >= 0.3 is 0 Å². The zero-order valence-electron chi connectivity index (χ0n) is 14.1. The van der Waals surface area contributed by atoms with Gasteiger partial charge in [0.15, 0.2) is 8.96 Å². The van der Waals surface area contributed by atoms with E-state index in [2.05, 4.69) is 46.8 Å². The number of hydrogen-bond donors (Lipinski definition) is 0. The Labute approximate surface area is 149 Å². The minimum atomic E-state index is 0.0691. The maximum Gasteiger partial charge on any atom is 0.181 e. The van der Waals surface area contributed by atoms with Crippen LogP contribution in [-0.2, 0) is 5.41 Å². The van der Waals surface area contributed by atoms with Crippen LogP contribution < -0.4 is 9.26 Å². The Morgan fingerprint density at radius 3 is 2.56 bits per heavy atom. The second kappa shape index (κ2) is 5.64. The van der Waals surface area contributed by atoms with E-state index in [1.807, 2.05) is 24.5 Å². The number of benzene rings is 2. The van der Waals surface area contributed by atoms with Gasteiger partial charge in [0.2, 0.25) is 0 Å². The molecule has 0 amide bonds. The van der Waals surface area contributed by atoms with E-state index in [0.717, 1.165) is 17.9 Å². The first-order chi connectivity index (χ1) is 12.3. The predicted molar refractivity (Wildman–Crippen MR) is 101 cm³/mol. The van der Waals surface area contributed by atoms with Crippen LogP contribution in [0.4, 0.5) is 0 Å². The highest BCUT2D eigenvalue weighted by atomic mass is 31.1. The molecule has 1 saturated carbocycles. The second-order valence-corrected chi connectivity index (χ2v) is 7.67. The first-order valence-electron chi connectivity index (χ1n) is 8.67. The number of methoxy groups -OCH3 is 1. The van der Waals surface area contributed by atoms with Gasteiger partial charge in [0, 0.05) is 28.9 Å². The highest BCUT2D eigenvalue weighted by Gasteiger charge is 2.61. The average Bonchev–Trinajstić information content (AvgIpc) is 3.15. The van der Waals surface area contributed by atoms with Crippen molar-refractivity contribution in [2.45, 2.75) is 24.2 Å². The van der Waals surface area contributed by atoms with Gasteiger partial charge in [0.05, 0.1) is 7.11 Å². The van der Waals surface area contributed by atoms with Gasteiger partial charge in [0.25, 0.3) is 0 Å². The summed E-state index contributed by atoms with van der Waals surface area (Å²) in [5.41, 5.74) is 4.20. The summed E-state index contributed by atoms with van der Waals surface area (Å²) >= 11 is 0. The van der Waals surface area contributed by atoms with E-state index in [0.29, 0.717) is 5.92 Å². The van der Waals surface area contributed by atoms with Crippen molar-refractivity contribution >= 4 is 8.96 Å². The number of fused-ring (bicyclic) bond motifs is 4. The van der Waals surface area contributed by atoms with Crippen molar-refractivity contribution in [1.29, 1.82) is 0 Å². The molecule has 0 spiro atoms. The average molecular weight is 349 g/mol. The second-order valence-electron chi connectivity index (χ2n) is 6.77. The van der Waals surface area contributed by atoms with E-state index in [-0.39, 0.29) is 14.4 Å². The number of hydrogen-bond acceptors (Lipinski definition) is 2. The molecule has 126 valence electrons. The number of aromatic nitrogens is 1. The van der Waals surface area contributed by atoms with Gasteiger partial charge in [-0.1, -0.05) is 30.3 Å². The molecule has 1 heterocycles. The van der Waals surface area contributed by atoms with Gasteiger partial charge < -0.3 is 13.6 Å². The van der Waals surface area contributed by atoms with Gasteiger partial charge in [-0.15, -0.1) is 0 Å². The van der Waals surface area contributed by atoms with Gasteiger partial charge in [-0.2, -0.15) is 0 Å². The zero-order chi connectivity index (χ0) is 16.9. The lowest BCUT2D eigenvalue weighted by Gasteiger charge is -2.60. The molecule has 3 nitrogen and oxygen atoms in total. The maximum atomic E-state index is 6.22. The SMILES string of the molecule is COc1cccc2c1C1(c3ccccc3OPn3cccc3)CCC21. The van der Waals surface area contributed by atoms with Crippen LogP contribution >= 0.6 is 8.96 Å². The largest absolute Gasteiger partial charge is 0.496 e. The Kier molecular flexibility index (Phi) is 3.39. The summed E-state index contributed by atoms with van der Waals surface area (Å²) in [6, 6.07) is 19.0. The fraction of sp³-hybridized carbons (Fsp3) is 0.238. The molecule has 2 aromatic carbocycles. The monoisotopic (exact) mass is 349 g/mol. The van der Waals surface area contributed by atoms with Gasteiger partial charge in [-0.3, -0.25) is 0 Å². The van der Waals surface area contributed by atoms with Crippen LogP contribution in [-0.4, -0.2) is 11.4 Å². The highest BCUT2D eigenvalue weighted by Crippen LogP contribution is 2.70. The number of para-hydroxylation sites is 1. The van der Waals surface area contributed by atoms with Crippen LogP contribution in [0.15, 0.2) is 67.0 Å². The molecule has 0 aliphatic heterocycles. The zero-order valence-corrected chi connectivity index (χ0v) is 15.1. The Hall–Kier alpha value is -2.25. The topological polar surface area (TPSA) is 23.4 Å². The molecule has 3 unspecified atom stereocenters. The molecule has 2 aliphatic carbocycles. The van der Waals surface area contributed by atoms with E-state index >= 15 is 0 Å². The Balaban J connectivity index is 1.56. The van der Waals surface area contributed by atoms with Crippen molar-refractivity contribution in [2.24, 2.45) is 0 Å². The smallest absolute Gasteiger partial charge is 0.181 e. The van der Waals surface area contributed by atoms with Gasteiger partial charge in [-0.05, 0) is 48.6 Å². The number of rotatable bonds is 5. The Bertz CT molecular complexity index is 907. The molecular weight excluding hydrogens is 329 g/mol. The fourth-order valence-electron chi connectivity index (χ4n) is 4.58. The highest BCUT2D eigenvalue weighted by molar-refractivity contribution is 7.30. The van der Waals surface area contributed by atoms with E-state index < -0.39 is 0 Å². The van der Waals surface area contributed by atoms with Crippen LogP contribution in [0, 0.1) is 0 Å². The van der Waals surface area contributed by atoms with Crippen molar-refractivity contribution in [1.82, 2.24) is 4.34 Å². The first-order valence-corrected chi connectivity index (χ1v) is 9.53. The molecule has 1 fully saturated rings. The number of ether oxygens (including phenoxy) is 1. The van der Waals surface area contributed by atoms with Crippen molar-refractivity contribution in [2.75, 3.05) is 7.11 Å². The fourth-order valence-corrected chi connectivity index (χ4v) is 5.26. The third-order valence-electron chi connectivity index (χ3n) is 5.76. The molecule has 1 aromatic heterocycles. The van der Waals surface area contributed by atoms with Crippen LogP contribution in [0.5, 0.6) is 11.5 Å². The quantitative estimate of drug-likeness (QED) is 0.598. The molecule has 3 atom stereocenters. The molecular formula is C21H20NO2P. The molecule has 3 aromatic rings. The molecule has 2 aliphatic rings. The normalized spacial score (nSPS) is 23.5. The lowest BCUT2D eigenvalue weighted by Crippen LogP contribution is -2.52. The minimum Gasteiger partial charge on any atom is -0.496 e. The molecule has 0 radical (unpaired) electrons. The summed E-state index contributed by atoms with van der Waals surface area (Å²) in [4.78, 5) is 0. The van der Waals surface area contributed by atoms with Crippen LogP contribution in [0.3, 0.4) is 0 Å². The molecule has 0 bridgehead atoms. The minimum absolute atomic E-state index is 0.0691. The van der Waals surface area contributed by atoms with Gasteiger partial charge in [0.1, 0.15) is 11.5 Å². The lowest BCUT2D eigenvalue weighted by molar-refractivity contribution is 0.181. The maximum absolute atomic E-state index is 6.22. The van der Waals surface area contributed by atoms with E-state index in [9.17, 15) is 0 Å². The number of nitrogens with zero attached hydrogens (tertiary/aromatic N) is 1. The first kappa shape index (κ1) is 15.0. The summed E-state index contributed by atoms with van der Waals surface area (Å²) in [7, 11) is 2.03. The standard InChI is InChI=1S/C21H20NO2P/c1-23-19-10-6-7-15-16-11-12-21(16,20(15)19)17-8-2-3-9-18(17)24-25-22-13-4-5-14-22/h2-10,13-14,16,25H,11-12H2,1H3. The van der Waals surface area contributed by atoms with E-state index in [4.69, 9.17) is 9.26 Å². The van der Waals surface area contributed by atoms with Crippen molar-refractivity contribution < 1.29 is 9.26 Å². The van der Waals surface area contributed by atoms with Crippen LogP contribution in [0.1, 0.15) is 35.4 Å². The third kappa shape index (κ3) is 2.02. The summed E-state index contributed by atoms with van der Waals surface area (Å²) in [5.74, 6) is 2.60. The summed E-state index contributed by atoms with van der Waals surface area (Å²) in [6.07, 6.45) is 6.48. The molecule has 4 heteroatoms. The summed E-state index contributed by atoms with van der Waals surface area (Å²) in [6.45, 7) is 0. The molecule has 5 rings (SSSR count). The third-order valence-corrected chi connectivity index (χ3v) is 6.58. The van der Waals surface area contributed by atoms with E-state index in [1.54, 1.807) is 7.11 Å².